The molecule has 0 heterocycles. The van der Waals surface area contributed by atoms with Crippen LogP contribution < -0.4 is 10.6 Å². The van der Waals surface area contributed by atoms with Crippen LogP contribution in [-0.4, -0.2) is 12.5 Å². The molecule has 2 N–H and O–H groups in total. The minimum atomic E-state index is -0.442. The Balaban J connectivity index is 2.24. The van der Waals surface area contributed by atoms with Crippen LogP contribution in [0, 0.1) is 5.82 Å². The molecule has 2 aromatic rings. The highest BCUT2D eigenvalue weighted by Gasteiger charge is 2.15. The molecule has 0 fully saturated rings. The van der Waals surface area contributed by atoms with E-state index in [4.69, 9.17) is 11.6 Å². The molecule has 0 unspecified atom stereocenters. The molecule has 0 radical (unpaired) electrons. The lowest BCUT2D eigenvalue weighted by Gasteiger charge is -2.12. The first-order valence-corrected chi connectivity index (χ1v) is 7.09. The number of carbonyl (C=O) groups excluding carboxylic acids is 1. The van der Waals surface area contributed by atoms with E-state index in [1.54, 1.807) is 30.3 Å². The summed E-state index contributed by atoms with van der Waals surface area (Å²) in [4.78, 5) is 12.3. The van der Waals surface area contributed by atoms with Gasteiger partial charge in [0.05, 0.1) is 11.3 Å². The van der Waals surface area contributed by atoms with Gasteiger partial charge in [-0.1, -0.05) is 30.7 Å². The van der Waals surface area contributed by atoms with Crippen LogP contribution in [0.2, 0.25) is 5.02 Å². The van der Waals surface area contributed by atoms with E-state index in [-0.39, 0.29) is 17.2 Å². The average Bonchev–Trinajstić information content (AvgIpc) is 2.45. The molecular formula is C16H16ClFN2O. The Morgan fingerprint density at radius 1 is 1.24 bits per heavy atom. The average molecular weight is 307 g/mol. The van der Waals surface area contributed by atoms with Gasteiger partial charge >= 0.3 is 0 Å². The highest BCUT2D eigenvalue weighted by molar-refractivity contribution is 6.31. The van der Waals surface area contributed by atoms with Gasteiger partial charge in [-0.05, 0) is 36.8 Å². The van der Waals surface area contributed by atoms with Crippen molar-refractivity contribution in [2.75, 3.05) is 17.2 Å². The minimum absolute atomic E-state index is 0.221. The largest absolute Gasteiger partial charge is 0.382 e. The van der Waals surface area contributed by atoms with Crippen LogP contribution in [0.15, 0.2) is 42.5 Å². The molecule has 2 rings (SSSR count). The first kappa shape index (κ1) is 15.3. The Labute approximate surface area is 128 Å². The molecule has 21 heavy (non-hydrogen) atoms. The van der Waals surface area contributed by atoms with Crippen LogP contribution >= 0.6 is 11.6 Å². The van der Waals surface area contributed by atoms with E-state index >= 15 is 0 Å². The van der Waals surface area contributed by atoms with Crippen molar-refractivity contribution in [2.45, 2.75) is 13.3 Å². The highest BCUT2D eigenvalue weighted by Crippen LogP contribution is 2.22. The monoisotopic (exact) mass is 306 g/mol. The fraction of sp³-hybridized carbons (Fsp3) is 0.188. The molecule has 0 atom stereocenters. The van der Waals surface area contributed by atoms with Gasteiger partial charge in [-0.25, -0.2) is 4.39 Å². The van der Waals surface area contributed by atoms with E-state index in [9.17, 15) is 9.18 Å². The summed E-state index contributed by atoms with van der Waals surface area (Å²) in [5.74, 6) is -0.822. The lowest BCUT2D eigenvalue weighted by Crippen LogP contribution is -2.16. The summed E-state index contributed by atoms with van der Waals surface area (Å²) in [5, 5.41) is 6.18. The summed E-state index contributed by atoms with van der Waals surface area (Å²) in [6.07, 6.45) is 0.837. The van der Waals surface area contributed by atoms with Crippen molar-refractivity contribution in [3.63, 3.8) is 0 Å². The van der Waals surface area contributed by atoms with Gasteiger partial charge in [0.25, 0.3) is 5.91 Å². The van der Waals surface area contributed by atoms with E-state index in [1.807, 2.05) is 6.92 Å². The zero-order valence-corrected chi connectivity index (χ0v) is 12.4. The molecule has 0 aliphatic rings. The Kier molecular flexibility index (Phi) is 5.17. The zero-order chi connectivity index (χ0) is 15.2. The maximum Gasteiger partial charge on any atom is 0.257 e. The van der Waals surface area contributed by atoms with Crippen molar-refractivity contribution in [1.29, 1.82) is 0 Å². The first-order valence-electron chi connectivity index (χ1n) is 6.71. The number of halogens is 2. The summed E-state index contributed by atoms with van der Waals surface area (Å²) < 4.78 is 13.9. The van der Waals surface area contributed by atoms with Crippen LogP contribution in [0.25, 0.3) is 0 Å². The maximum atomic E-state index is 13.9. The van der Waals surface area contributed by atoms with E-state index in [0.29, 0.717) is 17.3 Å². The normalized spacial score (nSPS) is 10.2. The van der Waals surface area contributed by atoms with Gasteiger partial charge in [0.2, 0.25) is 0 Å². The Morgan fingerprint density at radius 3 is 2.71 bits per heavy atom. The van der Waals surface area contributed by atoms with Gasteiger partial charge in [-0.2, -0.15) is 0 Å². The van der Waals surface area contributed by atoms with Crippen molar-refractivity contribution in [3.8, 4) is 0 Å². The van der Waals surface area contributed by atoms with Crippen molar-refractivity contribution < 1.29 is 9.18 Å². The third-order valence-corrected chi connectivity index (χ3v) is 3.13. The third kappa shape index (κ3) is 3.95. The fourth-order valence-corrected chi connectivity index (χ4v) is 2.10. The molecule has 0 saturated carbocycles. The lowest BCUT2D eigenvalue weighted by atomic mass is 10.1. The van der Waals surface area contributed by atoms with Gasteiger partial charge < -0.3 is 10.6 Å². The van der Waals surface area contributed by atoms with Crippen LogP contribution in [0.4, 0.5) is 15.8 Å². The summed E-state index contributed by atoms with van der Waals surface area (Å²) in [7, 11) is 0. The second-order valence-corrected chi connectivity index (χ2v) is 4.99. The molecule has 0 spiro atoms. The topological polar surface area (TPSA) is 41.1 Å². The molecule has 1 amide bonds. The molecule has 3 nitrogen and oxygen atoms in total. The maximum absolute atomic E-state index is 13.9. The highest BCUT2D eigenvalue weighted by atomic mass is 35.5. The van der Waals surface area contributed by atoms with Crippen LogP contribution in [0.1, 0.15) is 23.7 Å². The third-order valence-electron chi connectivity index (χ3n) is 2.89. The van der Waals surface area contributed by atoms with Crippen LogP contribution in [0.5, 0.6) is 0 Å². The number of benzene rings is 2. The smallest absolute Gasteiger partial charge is 0.257 e. The number of rotatable bonds is 5. The minimum Gasteiger partial charge on any atom is -0.382 e. The second-order valence-electron chi connectivity index (χ2n) is 4.55. The number of anilines is 2. The Morgan fingerprint density at radius 2 is 2.00 bits per heavy atom. The molecule has 0 saturated heterocycles. The zero-order valence-electron chi connectivity index (χ0n) is 11.6. The first-order chi connectivity index (χ1) is 10.1. The van der Waals surface area contributed by atoms with Crippen LogP contribution in [-0.2, 0) is 0 Å². The van der Waals surface area contributed by atoms with Crippen molar-refractivity contribution in [3.05, 3.63) is 58.9 Å². The van der Waals surface area contributed by atoms with Gasteiger partial charge in [0.1, 0.15) is 5.82 Å². The lowest BCUT2D eigenvalue weighted by molar-refractivity contribution is 0.102. The Bertz CT molecular complexity index is 646. The van der Waals surface area contributed by atoms with Crippen molar-refractivity contribution >= 4 is 28.9 Å². The molecule has 0 aromatic heterocycles. The number of hydrogen-bond donors (Lipinski definition) is 2. The van der Waals surface area contributed by atoms with Crippen molar-refractivity contribution in [1.82, 2.24) is 0 Å². The molecular weight excluding hydrogens is 291 g/mol. The molecule has 0 aliphatic carbocycles. The number of amides is 1. The fourth-order valence-electron chi connectivity index (χ4n) is 1.91. The molecule has 0 bridgehead atoms. The molecule has 2 aromatic carbocycles. The van der Waals surface area contributed by atoms with E-state index in [1.165, 1.54) is 12.1 Å². The summed E-state index contributed by atoms with van der Waals surface area (Å²) in [6, 6.07) is 11.2. The van der Waals surface area contributed by atoms with E-state index < -0.39 is 5.82 Å². The SMILES string of the molecule is CCCNc1c(F)cccc1C(=O)Nc1cccc(Cl)c1. The number of para-hydroxylation sites is 1. The van der Waals surface area contributed by atoms with Crippen molar-refractivity contribution in [2.24, 2.45) is 0 Å². The quantitative estimate of drug-likeness (QED) is 0.850. The number of nitrogens with one attached hydrogen (secondary N) is 2. The molecule has 5 heteroatoms. The standard InChI is InChI=1S/C16H16ClFN2O/c1-2-9-19-15-13(7-4-8-14(15)18)16(21)20-12-6-3-5-11(17)10-12/h3-8,10,19H,2,9H2,1H3,(H,20,21). The number of carbonyl (C=O) groups is 1. The summed E-state index contributed by atoms with van der Waals surface area (Å²) in [6.45, 7) is 2.57. The van der Waals surface area contributed by atoms with E-state index in [2.05, 4.69) is 10.6 Å². The van der Waals surface area contributed by atoms with Gasteiger partial charge in [0, 0.05) is 17.3 Å². The predicted molar refractivity (Wildman–Crippen MR) is 84.6 cm³/mol. The van der Waals surface area contributed by atoms with Gasteiger partial charge in [-0.3, -0.25) is 4.79 Å². The predicted octanol–water partition coefficient (Wildman–Crippen LogP) is 4.55. The summed E-state index contributed by atoms with van der Waals surface area (Å²) in [5.41, 5.74) is 1.06. The molecule has 110 valence electrons. The molecule has 0 aliphatic heterocycles. The van der Waals surface area contributed by atoms with Gasteiger partial charge in [-0.15, -0.1) is 0 Å². The van der Waals surface area contributed by atoms with Gasteiger partial charge in [0.15, 0.2) is 0 Å². The Hall–Kier alpha value is -2.07. The van der Waals surface area contributed by atoms with Crippen LogP contribution in [0.3, 0.4) is 0 Å². The summed E-state index contributed by atoms with van der Waals surface area (Å²) >= 11 is 5.88. The number of hydrogen-bond acceptors (Lipinski definition) is 2. The second kappa shape index (κ2) is 7.09. The van der Waals surface area contributed by atoms with E-state index in [0.717, 1.165) is 6.42 Å².